The van der Waals surface area contributed by atoms with Crippen LogP contribution in [0.2, 0.25) is 0 Å². The van der Waals surface area contributed by atoms with E-state index in [1.165, 1.54) is 6.54 Å². The van der Waals surface area contributed by atoms with Crippen LogP contribution >= 0.6 is 0 Å². The molecular formula is C12H19N4O2S. The Labute approximate surface area is 114 Å². The van der Waals surface area contributed by atoms with Crippen molar-refractivity contribution >= 4 is 21.4 Å². The minimum atomic E-state index is -3.39. The summed E-state index contributed by atoms with van der Waals surface area (Å²) < 4.78 is 25.6. The Balaban J connectivity index is 2.29. The molecule has 1 aromatic heterocycles. The maximum absolute atomic E-state index is 11.6. The Kier molecular flexibility index (Phi) is 6.44. The first kappa shape index (κ1) is 15.6. The Morgan fingerprint density at radius 1 is 1.42 bits per heavy atom. The standard InChI is InChI=1S/C12H19N4O2S/c1-2-3-11(13)10-16-19(17,18)9-8-15-12-4-6-14-7-5-12/h4-7,10,13,16H,2-3,8-9H2,1H3,(H,14,15). The summed E-state index contributed by atoms with van der Waals surface area (Å²) in [6, 6.07) is 3.53. The molecule has 1 heterocycles. The highest BCUT2D eigenvalue weighted by molar-refractivity contribution is 7.89. The van der Waals surface area contributed by atoms with Gasteiger partial charge in [-0.1, -0.05) is 13.3 Å². The fraction of sp³-hybridized carbons (Fsp3) is 0.417. The molecule has 1 radical (unpaired) electrons. The zero-order valence-corrected chi connectivity index (χ0v) is 11.7. The first-order chi connectivity index (χ1) is 9.03. The minimum absolute atomic E-state index is 0.0504. The van der Waals surface area contributed by atoms with Crippen molar-refractivity contribution in [2.75, 3.05) is 17.6 Å². The summed E-state index contributed by atoms with van der Waals surface area (Å²) in [6.45, 7) is 3.48. The maximum atomic E-state index is 11.6. The molecule has 0 fully saturated rings. The second-order valence-corrected chi connectivity index (χ2v) is 5.89. The van der Waals surface area contributed by atoms with Crippen molar-refractivity contribution in [1.82, 2.24) is 9.71 Å². The molecule has 3 N–H and O–H groups in total. The van der Waals surface area contributed by atoms with Gasteiger partial charge in [-0.2, -0.15) is 0 Å². The van der Waals surface area contributed by atoms with E-state index in [1.807, 2.05) is 6.92 Å². The summed E-state index contributed by atoms with van der Waals surface area (Å²) in [5, 5.41) is 10.5. The largest absolute Gasteiger partial charge is 0.384 e. The van der Waals surface area contributed by atoms with Crippen LogP contribution in [0, 0.1) is 12.0 Å². The SMILES string of the molecule is CCCC(=N)[CH]NS(=O)(=O)CCNc1ccncc1. The number of rotatable bonds is 9. The van der Waals surface area contributed by atoms with Crippen LogP contribution in [0.1, 0.15) is 19.8 Å². The predicted octanol–water partition coefficient (Wildman–Crippen LogP) is 1.39. The third kappa shape index (κ3) is 6.88. The van der Waals surface area contributed by atoms with Gasteiger partial charge in [0, 0.05) is 30.3 Å². The predicted molar refractivity (Wildman–Crippen MR) is 76.6 cm³/mol. The molecule has 1 rings (SSSR count). The average Bonchev–Trinajstić information content (AvgIpc) is 2.38. The van der Waals surface area contributed by atoms with Gasteiger partial charge in [0.05, 0.1) is 12.3 Å². The highest BCUT2D eigenvalue weighted by Gasteiger charge is 2.10. The molecule has 105 valence electrons. The van der Waals surface area contributed by atoms with E-state index in [0.717, 1.165) is 12.1 Å². The van der Waals surface area contributed by atoms with Crippen LogP contribution in [0.3, 0.4) is 0 Å². The maximum Gasteiger partial charge on any atom is 0.213 e. The minimum Gasteiger partial charge on any atom is -0.384 e. The summed E-state index contributed by atoms with van der Waals surface area (Å²) in [7, 11) is -3.39. The lowest BCUT2D eigenvalue weighted by Crippen LogP contribution is -2.30. The molecule has 0 bridgehead atoms. The molecule has 0 aliphatic rings. The summed E-state index contributed by atoms with van der Waals surface area (Å²) in [5.74, 6) is -0.0504. The van der Waals surface area contributed by atoms with E-state index in [4.69, 9.17) is 5.41 Å². The van der Waals surface area contributed by atoms with Crippen LogP contribution in [-0.2, 0) is 10.0 Å². The third-order valence-electron chi connectivity index (χ3n) is 2.31. The molecule has 0 aromatic carbocycles. The van der Waals surface area contributed by atoms with E-state index in [0.29, 0.717) is 13.0 Å². The first-order valence-electron chi connectivity index (χ1n) is 6.08. The van der Waals surface area contributed by atoms with E-state index < -0.39 is 10.0 Å². The van der Waals surface area contributed by atoms with Gasteiger partial charge < -0.3 is 10.7 Å². The second kappa shape index (κ2) is 7.85. The van der Waals surface area contributed by atoms with Gasteiger partial charge in [-0.15, -0.1) is 0 Å². The molecular weight excluding hydrogens is 264 g/mol. The van der Waals surface area contributed by atoms with Crippen molar-refractivity contribution in [3.05, 3.63) is 31.1 Å². The van der Waals surface area contributed by atoms with Gasteiger partial charge in [0.2, 0.25) is 10.0 Å². The van der Waals surface area contributed by atoms with Gasteiger partial charge in [-0.05, 0) is 18.6 Å². The van der Waals surface area contributed by atoms with Gasteiger partial charge in [0.25, 0.3) is 0 Å². The number of nitrogens with one attached hydrogen (secondary N) is 3. The highest BCUT2D eigenvalue weighted by Crippen LogP contribution is 2.02. The summed E-state index contributed by atoms with van der Waals surface area (Å²) in [5.41, 5.74) is 1.11. The number of sulfonamides is 1. The molecule has 0 aliphatic carbocycles. The zero-order chi connectivity index (χ0) is 14.1. The van der Waals surface area contributed by atoms with E-state index in [9.17, 15) is 8.42 Å². The Morgan fingerprint density at radius 2 is 2.11 bits per heavy atom. The lowest BCUT2D eigenvalue weighted by Gasteiger charge is -2.08. The molecule has 0 saturated carbocycles. The number of nitrogens with zero attached hydrogens (tertiary/aromatic N) is 1. The van der Waals surface area contributed by atoms with Crippen LogP contribution in [0.25, 0.3) is 0 Å². The second-order valence-electron chi connectivity index (χ2n) is 4.02. The lowest BCUT2D eigenvalue weighted by atomic mass is 10.2. The van der Waals surface area contributed by atoms with Crippen molar-refractivity contribution in [2.24, 2.45) is 0 Å². The monoisotopic (exact) mass is 283 g/mol. The van der Waals surface area contributed by atoms with Gasteiger partial charge in [-0.25, -0.2) is 13.1 Å². The quantitative estimate of drug-likeness (QED) is 0.597. The zero-order valence-electron chi connectivity index (χ0n) is 10.9. The Hall–Kier alpha value is -1.47. The van der Waals surface area contributed by atoms with E-state index >= 15 is 0 Å². The molecule has 0 amide bonds. The molecule has 0 unspecified atom stereocenters. The average molecular weight is 283 g/mol. The molecule has 6 nitrogen and oxygen atoms in total. The summed E-state index contributed by atoms with van der Waals surface area (Å²) in [4.78, 5) is 3.87. The number of hydrogen-bond acceptors (Lipinski definition) is 5. The van der Waals surface area contributed by atoms with Crippen molar-refractivity contribution in [3.63, 3.8) is 0 Å². The number of pyridine rings is 1. The van der Waals surface area contributed by atoms with Gasteiger partial charge in [0.15, 0.2) is 0 Å². The molecule has 0 atom stereocenters. The lowest BCUT2D eigenvalue weighted by molar-refractivity contribution is 0.589. The smallest absolute Gasteiger partial charge is 0.213 e. The normalized spacial score (nSPS) is 11.2. The van der Waals surface area contributed by atoms with E-state index in [2.05, 4.69) is 15.0 Å². The van der Waals surface area contributed by atoms with Crippen LogP contribution in [0.15, 0.2) is 24.5 Å². The fourth-order valence-electron chi connectivity index (χ4n) is 1.36. The van der Waals surface area contributed by atoms with E-state index in [-0.39, 0.29) is 11.5 Å². The van der Waals surface area contributed by atoms with Gasteiger partial charge in [-0.3, -0.25) is 4.98 Å². The number of anilines is 1. The Morgan fingerprint density at radius 3 is 2.74 bits per heavy atom. The third-order valence-corrected chi connectivity index (χ3v) is 3.53. The van der Waals surface area contributed by atoms with Crippen LogP contribution in [-0.4, -0.2) is 31.4 Å². The molecule has 0 saturated heterocycles. The van der Waals surface area contributed by atoms with Gasteiger partial charge in [0.1, 0.15) is 0 Å². The number of aromatic nitrogens is 1. The van der Waals surface area contributed by atoms with Gasteiger partial charge >= 0.3 is 0 Å². The molecule has 1 aromatic rings. The van der Waals surface area contributed by atoms with Crippen molar-refractivity contribution in [1.29, 1.82) is 5.41 Å². The number of hydrogen-bond donors (Lipinski definition) is 3. The first-order valence-corrected chi connectivity index (χ1v) is 7.73. The molecule has 0 spiro atoms. The highest BCUT2D eigenvalue weighted by atomic mass is 32.2. The molecule has 19 heavy (non-hydrogen) atoms. The summed E-state index contributed by atoms with van der Waals surface area (Å²) in [6.07, 6.45) is 4.66. The molecule has 0 aliphatic heterocycles. The van der Waals surface area contributed by atoms with Crippen LogP contribution in [0.4, 0.5) is 5.69 Å². The van der Waals surface area contributed by atoms with Crippen molar-refractivity contribution in [3.8, 4) is 0 Å². The van der Waals surface area contributed by atoms with E-state index in [1.54, 1.807) is 24.5 Å². The summed E-state index contributed by atoms with van der Waals surface area (Å²) >= 11 is 0. The van der Waals surface area contributed by atoms with Crippen molar-refractivity contribution in [2.45, 2.75) is 19.8 Å². The van der Waals surface area contributed by atoms with Crippen LogP contribution < -0.4 is 10.0 Å². The topological polar surface area (TPSA) is 94.9 Å². The molecule has 7 heteroatoms. The van der Waals surface area contributed by atoms with Crippen molar-refractivity contribution < 1.29 is 8.42 Å². The van der Waals surface area contributed by atoms with Crippen LogP contribution in [0.5, 0.6) is 0 Å². The Bertz CT molecular complexity index is 488. The fourth-order valence-corrected chi connectivity index (χ4v) is 2.17.